The Kier molecular flexibility index (Phi) is 3.64. The third-order valence-electron chi connectivity index (χ3n) is 3.65. The maximum atomic E-state index is 12.1. The van der Waals surface area contributed by atoms with Crippen molar-refractivity contribution in [2.45, 2.75) is 39.2 Å². The molecule has 0 atom stereocenters. The zero-order valence-corrected chi connectivity index (χ0v) is 11.6. The van der Waals surface area contributed by atoms with Gasteiger partial charge in [-0.1, -0.05) is 13.8 Å². The van der Waals surface area contributed by atoms with E-state index in [1.807, 2.05) is 25.8 Å². The maximum absolute atomic E-state index is 12.1. The first-order valence-electron chi connectivity index (χ1n) is 6.61. The largest absolute Gasteiger partial charge is 0.481 e. The number of fused-ring (bicyclic) bond motifs is 1. The van der Waals surface area contributed by atoms with Crippen LogP contribution in [0.2, 0.25) is 0 Å². The van der Waals surface area contributed by atoms with Crippen molar-refractivity contribution in [3.63, 3.8) is 0 Å². The maximum Gasteiger partial charge on any atom is 0.303 e. The lowest BCUT2D eigenvalue weighted by atomic mass is 9.95. The fourth-order valence-corrected chi connectivity index (χ4v) is 2.71. The van der Waals surface area contributed by atoms with Crippen LogP contribution in [0.3, 0.4) is 0 Å². The minimum Gasteiger partial charge on any atom is -0.481 e. The zero-order chi connectivity index (χ0) is 14.2. The summed E-state index contributed by atoms with van der Waals surface area (Å²) in [4.78, 5) is 25.0. The monoisotopic (exact) mass is 264 g/mol. The summed E-state index contributed by atoms with van der Waals surface area (Å²) >= 11 is 0. The van der Waals surface area contributed by atoms with Crippen LogP contribution < -0.4 is 10.5 Å². The molecule has 0 unspecified atom stereocenters. The lowest BCUT2D eigenvalue weighted by molar-refractivity contribution is -0.136. The predicted octanol–water partition coefficient (Wildman–Crippen LogP) is 1.44. The molecule has 0 aromatic carbocycles. The molecule has 2 heterocycles. The van der Waals surface area contributed by atoms with E-state index >= 15 is 0 Å². The molecule has 0 aliphatic carbocycles. The number of likely N-dealkylation sites (N-methyl/N-ethyl adjacent to an activating group) is 1. The number of hydrogen-bond acceptors (Lipinski definition) is 3. The van der Waals surface area contributed by atoms with Crippen molar-refractivity contribution in [3.05, 3.63) is 27.5 Å². The van der Waals surface area contributed by atoms with Crippen LogP contribution in [0, 0.1) is 0 Å². The van der Waals surface area contributed by atoms with Crippen LogP contribution in [-0.4, -0.2) is 29.2 Å². The molecule has 0 saturated carbocycles. The Morgan fingerprint density at radius 2 is 2.11 bits per heavy atom. The van der Waals surface area contributed by atoms with E-state index in [2.05, 4.69) is 0 Å². The molecule has 5 heteroatoms. The van der Waals surface area contributed by atoms with Gasteiger partial charge in [-0.15, -0.1) is 0 Å². The quantitative estimate of drug-likeness (QED) is 0.893. The highest BCUT2D eigenvalue weighted by Crippen LogP contribution is 2.30. The van der Waals surface area contributed by atoms with Gasteiger partial charge in [-0.2, -0.15) is 0 Å². The Hall–Kier alpha value is -1.78. The topological polar surface area (TPSA) is 62.5 Å². The Morgan fingerprint density at radius 1 is 1.42 bits per heavy atom. The molecule has 0 radical (unpaired) electrons. The number of hydrogen-bond donors (Lipinski definition) is 1. The van der Waals surface area contributed by atoms with Crippen molar-refractivity contribution >= 4 is 11.8 Å². The molecule has 0 spiro atoms. The Bertz CT molecular complexity index is 561. The van der Waals surface area contributed by atoms with Gasteiger partial charge in [-0.25, -0.2) is 0 Å². The van der Waals surface area contributed by atoms with Crippen molar-refractivity contribution in [2.24, 2.45) is 0 Å². The van der Waals surface area contributed by atoms with Gasteiger partial charge in [0, 0.05) is 32.6 Å². The Balaban J connectivity index is 2.56. The van der Waals surface area contributed by atoms with Gasteiger partial charge in [0.2, 0.25) is 0 Å². The summed E-state index contributed by atoms with van der Waals surface area (Å²) in [5.74, 6) is 0.314. The summed E-state index contributed by atoms with van der Waals surface area (Å²) < 4.78 is 1.75. The van der Waals surface area contributed by atoms with Crippen LogP contribution in [0.25, 0.3) is 0 Å². The SMILES string of the molecule is CC(C)c1cc(=O)n2c(c1CCC(=O)O)N(C)CC2. The Labute approximate surface area is 112 Å². The van der Waals surface area contributed by atoms with Gasteiger partial charge < -0.3 is 10.0 Å². The fourth-order valence-electron chi connectivity index (χ4n) is 2.71. The molecule has 1 aliphatic heterocycles. The van der Waals surface area contributed by atoms with Crippen molar-refractivity contribution in [1.29, 1.82) is 0 Å². The van der Waals surface area contributed by atoms with E-state index in [1.54, 1.807) is 10.6 Å². The number of rotatable bonds is 4. The van der Waals surface area contributed by atoms with E-state index in [-0.39, 0.29) is 17.9 Å². The smallest absolute Gasteiger partial charge is 0.303 e. The van der Waals surface area contributed by atoms with Gasteiger partial charge >= 0.3 is 5.97 Å². The number of pyridine rings is 1. The Morgan fingerprint density at radius 3 is 2.68 bits per heavy atom. The number of nitrogens with zero attached hydrogens (tertiary/aromatic N) is 2. The molecular formula is C14H20N2O3. The van der Waals surface area contributed by atoms with Gasteiger partial charge in [0.1, 0.15) is 5.82 Å². The summed E-state index contributed by atoms with van der Waals surface area (Å²) in [6, 6.07) is 1.67. The average molecular weight is 264 g/mol. The molecule has 0 bridgehead atoms. The minimum absolute atomic E-state index is 0.0159. The number of aromatic nitrogens is 1. The second kappa shape index (κ2) is 5.07. The molecular weight excluding hydrogens is 244 g/mol. The van der Waals surface area contributed by atoms with Gasteiger partial charge in [-0.05, 0) is 23.5 Å². The third-order valence-corrected chi connectivity index (χ3v) is 3.65. The van der Waals surface area contributed by atoms with E-state index in [4.69, 9.17) is 5.11 Å². The lowest BCUT2D eigenvalue weighted by Crippen LogP contribution is -2.22. The van der Waals surface area contributed by atoms with Gasteiger partial charge in [0.05, 0.1) is 0 Å². The first-order chi connectivity index (χ1) is 8.91. The standard InChI is InChI=1S/C14H20N2O3/c1-9(2)11-8-12(17)16-7-6-15(3)14(16)10(11)4-5-13(18)19/h8-9H,4-7H2,1-3H3,(H,18,19). The second-order valence-corrected chi connectivity index (χ2v) is 5.36. The molecule has 1 aromatic heterocycles. The van der Waals surface area contributed by atoms with Gasteiger partial charge in [-0.3, -0.25) is 14.2 Å². The predicted molar refractivity (Wildman–Crippen MR) is 74.0 cm³/mol. The molecule has 1 aliphatic rings. The van der Waals surface area contributed by atoms with Crippen LogP contribution in [0.5, 0.6) is 0 Å². The van der Waals surface area contributed by atoms with Crippen LogP contribution in [0.4, 0.5) is 5.82 Å². The lowest BCUT2D eigenvalue weighted by Gasteiger charge is -2.21. The summed E-state index contributed by atoms with van der Waals surface area (Å²) in [5.41, 5.74) is 2.00. The summed E-state index contributed by atoms with van der Waals surface area (Å²) in [7, 11) is 1.95. The van der Waals surface area contributed by atoms with E-state index in [0.717, 1.165) is 23.5 Å². The average Bonchev–Trinajstić information content (AvgIpc) is 2.70. The molecule has 1 N–H and O–H groups in total. The zero-order valence-electron chi connectivity index (χ0n) is 11.6. The molecule has 5 nitrogen and oxygen atoms in total. The van der Waals surface area contributed by atoms with Gasteiger partial charge in [0.25, 0.3) is 5.56 Å². The molecule has 104 valence electrons. The summed E-state index contributed by atoms with van der Waals surface area (Å²) in [6.07, 6.45) is 0.571. The summed E-state index contributed by atoms with van der Waals surface area (Å²) in [6.45, 7) is 5.55. The van der Waals surface area contributed by atoms with E-state index in [1.165, 1.54) is 0 Å². The molecule has 2 rings (SSSR count). The van der Waals surface area contributed by atoms with E-state index < -0.39 is 5.97 Å². The second-order valence-electron chi connectivity index (χ2n) is 5.36. The normalized spacial score (nSPS) is 14.0. The van der Waals surface area contributed by atoms with Crippen molar-refractivity contribution in [1.82, 2.24) is 4.57 Å². The van der Waals surface area contributed by atoms with Crippen molar-refractivity contribution in [3.8, 4) is 0 Å². The molecule has 0 amide bonds. The van der Waals surface area contributed by atoms with Crippen molar-refractivity contribution in [2.75, 3.05) is 18.5 Å². The van der Waals surface area contributed by atoms with Crippen LogP contribution in [0.1, 0.15) is 37.3 Å². The minimum atomic E-state index is -0.805. The van der Waals surface area contributed by atoms with E-state index in [9.17, 15) is 9.59 Å². The van der Waals surface area contributed by atoms with Gasteiger partial charge in [0.15, 0.2) is 0 Å². The number of aliphatic carboxylic acids is 1. The molecule has 1 aromatic rings. The molecule has 19 heavy (non-hydrogen) atoms. The number of carbonyl (C=O) groups is 1. The third kappa shape index (κ3) is 2.50. The van der Waals surface area contributed by atoms with Crippen molar-refractivity contribution < 1.29 is 9.90 Å². The first kappa shape index (κ1) is 13.6. The molecule has 0 fully saturated rings. The fraction of sp³-hybridized carbons (Fsp3) is 0.571. The van der Waals surface area contributed by atoms with Crippen LogP contribution >= 0.6 is 0 Å². The highest BCUT2D eigenvalue weighted by Gasteiger charge is 2.24. The molecule has 0 saturated heterocycles. The van der Waals surface area contributed by atoms with Crippen LogP contribution in [-0.2, 0) is 17.8 Å². The highest BCUT2D eigenvalue weighted by molar-refractivity contribution is 5.68. The highest BCUT2D eigenvalue weighted by atomic mass is 16.4. The summed E-state index contributed by atoms with van der Waals surface area (Å²) in [5, 5.41) is 8.89. The number of carboxylic acids is 1. The number of carboxylic acid groups (broad SMARTS) is 1. The van der Waals surface area contributed by atoms with Crippen LogP contribution in [0.15, 0.2) is 10.9 Å². The first-order valence-corrected chi connectivity index (χ1v) is 6.61. The van der Waals surface area contributed by atoms with E-state index in [0.29, 0.717) is 13.0 Å². The number of anilines is 1.